The smallest absolute Gasteiger partial charge is 0.311 e. The van der Waals surface area contributed by atoms with Gasteiger partial charge in [0.05, 0.1) is 22.7 Å². The van der Waals surface area contributed by atoms with Crippen molar-refractivity contribution in [2.45, 2.75) is 20.0 Å². The lowest BCUT2D eigenvalue weighted by Gasteiger charge is -2.13. The molecule has 29 heavy (non-hydrogen) atoms. The Morgan fingerprint density at radius 2 is 2.14 bits per heavy atom. The Kier molecular flexibility index (Phi) is 5.44. The minimum Gasteiger partial charge on any atom is -0.494 e. The van der Waals surface area contributed by atoms with Crippen LogP contribution in [0, 0.1) is 11.7 Å². The molecule has 3 aromatic rings. The number of anilines is 1. The van der Waals surface area contributed by atoms with Gasteiger partial charge < -0.3 is 9.47 Å². The molecule has 0 spiro atoms. The van der Waals surface area contributed by atoms with Crippen molar-refractivity contribution < 1.29 is 23.5 Å². The van der Waals surface area contributed by atoms with E-state index in [1.807, 2.05) is 25.1 Å². The van der Waals surface area contributed by atoms with Crippen molar-refractivity contribution in [2.24, 2.45) is 5.92 Å². The number of fused-ring (bicyclic) bond motifs is 1. The second-order valence-corrected chi connectivity index (χ2v) is 7.67. The number of nitrogens with zero attached hydrogens (tertiary/aromatic N) is 2. The molecule has 150 valence electrons. The molecule has 1 fully saturated rings. The molecule has 0 radical (unpaired) electrons. The lowest BCUT2D eigenvalue weighted by molar-refractivity contribution is -0.149. The first-order chi connectivity index (χ1) is 14.0. The molecule has 8 heteroatoms. The van der Waals surface area contributed by atoms with Gasteiger partial charge in [-0.15, -0.1) is 0 Å². The molecule has 2 aromatic carbocycles. The Balaban J connectivity index is 1.44. The Morgan fingerprint density at radius 1 is 1.31 bits per heavy atom. The van der Waals surface area contributed by atoms with E-state index in [1.54, 1.807) is 18.2 Å². The van der Waals surface area contributed by atoms with E-state index in [4.69, 9.17) is 9.47 Å². The minimum atomic E-state index is -0.597. The van der Waals surface area contributed by atoms with E-state index in [1.165, 1.54) is 22.3 Å². The number of esters is 1. The SMILES string of the molecule is CCOc1ccc2nc(N3C[C@@H](C(=O)OCc4ccccc4F)CC3=O)sc2c1. The number of ether oxygens (including phenoxy) is 2. The molecule has 1 aliphatic heterocycles. The predicted molar refractivity (Wildman–Crippen MR) is 107 cm³/mol. The van der Waals surface area contributed by atoms with E-state index in [9.17, 15) is 14.0 Å². The molecular weight excluding hydrogens is 395 g/mol. The van der Waals surface area contributed by atoms with E-state index >= 15 is 0 Å². The normalized spacial score (nSPS) is 16.4. The predicted octanol–water partition coefficient (Wildman–Crippen LogP) is 3.93. The highest BCUT2D eigenvalue weighted by Crippen LogP contribution is 2.34. The van der Waals surface area contributed by atoms with Crippen LogP contribution in [-0.4, -0.2) is 30.0 Å². The largest absolute Gasteiger partial charge is 0.494 e. The van der Waals surface area contributed by atoms with E-state index in [0.717, 1.165) is 16.0 Å². The number of aromatic nitrogens is 1. The highest BCUT2D eigenvalue weighted by molar-refractivity contribution is 7.22. The Morgan fingerprint density at radius 3 is 2.93 bits per heavy atom. The first-order valence-electron chi connectivity index (χ1n) is 9.29. The van der Waals surface area contributed by atoms with Crippen LogP contribution in [-0.2, 0) is 20.9 Å². The second kappa shape index (κ2) is 8.16. The number of benzene rings is 2. The zero-order valence-corrected chi connectivity index (χ0v) is 16.6. The number of hydrogen-bond donors (Lipinski definition) is 0. The molecule has 1 amide bonds. The van der Waals surface area contributed by atoms with Gasteiger partial charge in [-0.2, -0.15) is 0 Å². The lowest BCUT2D eigenvalue weighted by Crippen LogP contribution is -2.26. The first kappa shape index (κ1) is 19.3. The molecule has 1 saturated heterocycles. The van der Waals surface area contributed by atoms with Crippen LogP contribution in [0.2, 0.25) is 0 Å². The number of carbonyl (C=O) groups excluding carboxylic acids is 2. The van der Waals surface area contributed by atoms with E-state index in [0.29, 0.717) is 17.3 Å². The number of halogens is 1. The summed E-state index contributed by atoms with van der Waals surface area (Å²) >= 11 is 1.38. The third kappa shape index (κ3) is 4.07. The van der Waals surface area contributed by atoms with Crippen LogP contribution in [0.15, 0.2) is 42.5 Å². The average molecular weight is 414 g/mol. The summed E-state index contributed by atoms with van der Waals surface area (Å²) in [6, 6.07) is 11.7. The molecule has 0 aliphatic carbocycles. The maximum atomic E-state index is 13.7. The summed E-state index contributed by atoms with van der Waals surface area (Å²) in [5.74, 6) is -0.964. The van der Waals surface area contributed by atoms with Gasteiger partial charge in [-0.25, -0.2) is 9.37 Å². The maximum absolute atomic E-state index is 13.7. The van der Waals surface area contributed by atoms with Crippen LogP contribution in [0.4, 0.5) is 9.52 Å². The zero-order valence-electron chi connectivity index (χ0n) is 15.8. The highest BCUT2D eigenvalue weighted by Gasteiger charge is 2.37. The van der Waals surface area contributed by atoms with Crippen molar-refractivity contribution in [3.8, 4) is 5.75 Å². The number of rotatable bonds is 6. The summed E-state index contributed by atoms with van der Waals surface area (Å²) in [6.45, 7) is 2.53. The number of hydrogen-bond acceptors (Lipinski definition) is 6. The van der Waals surface area contributed by atoms with Gasteiger partial charge in [-0.3, -0.25) is 14.5 Å². The fourth-order valence-electron chi connectivity index (χ4n) is 3.20. The van der Waals surface area contributed by atoms with Crippen LogP contribution < -0.4 is 9.64 Å². The topological polar surface area (TPSA) is 68.7 Å². The molecule has 0 N–H and O–H groups in total. The monoisotopic (exact) mass is 414 g/mol. The Hall–Kier alpha value is -3.00. The lowest BCUT2D eigenvalue weighted by atomic mass is 10.1. The molecular formula is C21H19FN2O4S. The summed E-state index contributed by atoms with van der Waals surface area (Å²) in [7, 11) is 0. The molecule has 0 saturated carbocycles. The zero-order chi connectivity index (χ0) is 20.4. The summed E-state index contributed by atoms with van der Waals surface area (Å²) in [4.78, 5) is 30.9. The molecule has 1 aromatic heterocycles. The van der Waals surface area contributed by atoms with Gasteiger partial charge in [0.2, 0.25) is 5.91 Å². The van der Waals surface area contributed by atoms with Gasteiger partial charge in [-0.1, -0.05) is 29.5 Å². The fourth-order valence-corrected chi connectivity index (χ4v) is 4.22. The summed E-state index contributed by atoms with van der Waals surface area (Å²) in [5.41, 5.74) is 1.07. The number of thiazole rings is 1. The Labute approximate surface area is 170 Å². The third-order valence-corrected chi connectivity index (χ3v) is 5.72. The molecule has 6 nitrogen and oxygen atoms in total. The summed E-state index contributed by atoms with van der Waals surface area (Å²) < 4.78 is 25.3. The Bertz CT molecular complexity index is 1070. The van der Waals surface area contributed by atoms with E-state index < -0.39 is 17.7 Å². The summed E-state index contributed by atoms with van der Waals surface area (Å²) in [5, 5.41) is 0.544. The van der Waals surface area contributed by atoms with Crippen LogP contribution in [0.5, 0.6) is 5.75 Å². The minimum absolute atomic E-state index is 0.0518. The van der Waals surface area contributed by atoms with Crippen LogP contribution in [0.1, 0.15) is 18.9 Å². The molecule has 1 atom stereocenters. The highest BCUT2D eigenvalue weighted by atomic mass is 32.1. The second-order valence-electron chi connectivity index (χ2n) is 6.66. The van der Waals surface area contributed by atoms with Crippen molar-refractivity contribution in [1.29, 1.82) is 0 Å². The van der Waals surface area contributed by atoms with Gasteiger partial charge in [0.25, 0.3) is 0 Å². The van der Waals surface area contributed by atoms with Gasteiger partial charge in [0, 0.05) is 18.5 Å². The van der Waals surface area contributed by atoms with Crippen molar-refractivity contribution in [3.63, 3.8) is 0 Å². The van der Waals surface area contributed by atoms with Crippen LogP contribution in [0.3, 0.4) is 0 Å². The molecule has 2 heterocycles. The van der Waals surface area contributed by atoms with Gasteiger partial charge >= 0.3 is 5.97 Å². The summed E-state index contributed by atoms with van der Waals surface area (Å²) in [6.07, 6.45) is 0.0518. The molecule has 4 rings (SSSR count). The third-order valence-electron chi connectivity index (χ3n) is 4.68. The van der Waals surface area contributed by atoms with Crippen molar-refractivity contribution in [3.05, 3.63) is 53.8 Å². The molecule has 0 bridgehead atoms. The first-order valence-corrected chi connectivity index (χ1v) is 10.1. The van der Waals surface area contributed by atoms with E-state index in [-0.39, 0.29) is 25.5 Å². The standard InChI is InChI=1S/C21H19FN2O4S/c1-2-27-15-7-8-17-18(10-15)29-21(23-17)24-11-14(9-19(24)25)20(26)28-12-13-5-3-4-6-16(13)22/h3-8,10,14H,2,9,11-12H2,1H3/t14-/m0/s1. The molecule has 1 aliphatic rings. The average Bonchev–Trinajstić information content (AvgIpc) is 3.30. The fraction of sp³-hybridized carbons (Fsp3) is 0.286. The van der Waals surface area contributed by atoms with E-state index in [2.05, 4.69) is 4.98 Å². The van der Waals surface area contributed by atoms with Crippen LogP contribution >= 0.6 is 11.3 Å². The van der Waals surface area contributed by atoms with Crippen LogP contribution in [0.25, 0.3) is 10.2 Å². The number of carbonyl (C=O) groups is 2. The van der Waals surface area contributed by atoms with Crippen molar-refractivity contribution in [1.82, 2.24) is 4.98 Å². The number of amides is 1. The molecule has 0 unspecified atom stereocenters. The van der Waals surface area contributed by atoms with Gasteiger partial charge in [0.1, 0.15) is 18.2 Å². The quantitative estimate of drug-likeness (QED) is 0.572. The van der Waals surface area contributed by atoms with Crippen molar-refractivity contribution >= 4 is 38.6 Å². The maximum Gasteiger partial charge on any atom is 0.311 e. The van der Waals surface area contributed by atoms with Crippen molar-refractivity contribution in [2.75, 3.05) is 18.1 Å². The van der Waals surface area contributed by atoms with Gasteiger partial charge in [0.15, 0.2) is 5.13 Å². The van der Waals surface area contributed by atoms with Gasteiger partial charge in [-0.05, 0) is 31.2 Å².